The summed E-state index contributed by atoms with van der Waals surface area (Å²) < 4.78 is 60.0. The van der Waals surface area contributed by atoms with Crippen molar-refractivity contribution in [2.75, 3.05) is 0 Å². The second kappa shape index (κ2) is 4.13. The SMILES string of the molecule is O=S(=O)(c1[nH]ncc1-c1ccccc1)C(F)(F)F. The number of halogens is 3. The molecule has 1 N–H and O–H groups in total. The lowest BCUT2D eigenvalue weighted by Gasteiger charge is -2.08. The minimum Gasteiger partial charge on any atom is -0.267 e. The quantitative estimate of drug-likeness (QED) is 0.916. The molecule has 0 aliphatic heterocycles. The van der Waals surface area contributed by atoms with Gasteiger partial charge in [-0.15, -0.1) is 0 Å². The highest BCUT2D eigenvalue weighted by Crippen LogP contribution is 2.34. The van der Waals surface area contributed by atoms with Gasteiger partial charge in [-0.3, -0.25) is 5.10 Å². The molecule has 0 radical (unpaired) electrons. The summed E-state index contributed by atoms with van der Waals surface area (Å²) in [4.78, 5) is 0. The van der Waals surface area contributed by atoms with Crippen molar-refractivity contribution < 1.29 is 21.6 Å². The van der Waals surface area contributed by atoms with Crippen LogP contribution in [0.3, 0.4) is 0 Å². The van der Waals surface area contributed by atoms with Crippen molar-refractivity contribution in [1.82, 2.24) is 10.2 Å². The standard InChI is InChI=1S/C10H7F3N2O2S/c11-10(12,13)18(16,17)9-8(6-14-15-9)7-4-2-1-3-5-7/h1-6H,(H,14,15). The predicted octanol–water partition coefficient (Wildman–Crippen LogP) is 2.37. The maximum Gasteiger partial charge on any atom is 0.503 e. The van der Waals surface area contributed by atoms with Gasteiger partial charge in [-0.2, -0.15) is 18.3 Å². The summed E-state index contributed by atoms with van der Waals surface area (Å²) in [5, 5.41) is 4.32. The molecule has 2 rings (SSSR count). The zero-order valence-electron chi connectivity index (χ0n) is 8.77. The van der Waals surface area contributed by atoms with Crippen LogP contribution in [0.2, 0.25) is 0 Å². The van der Waals surface area contributed by atoms with Gasteiger partial charge in [0, 0.05) is 5.56 Å². The molecular formula is C10H7F3N2O2S. The number of sulfone groups is 1. The number of nitrogens with zero attached hydrogens (tertiary/aromatic N) is 1. The van der Waals surface area contributed by atoms with Crippen LogP contribution in [0.1, 0.15) is 0 Å². The van der Waals surface area contributed by atoms with Gasteiger partial charge in [-0.05, 0) is 5.56 Å². The van der Waals surface area contributed by atoms with Crippen LogP contribution in [-0.4, -0.2) is 24.1 Å². The number of benzene rings is 1. The molecule has 0 saturated heterocycles. The van der Waals surface area contributed by atoms with Crippen molar-refractivity contribution in [2.24, 2.45) is 0 Å². The number of aromatic amines is 1. The summed E-state index contributed by atoms with van der Waals surface area (Å²) in [6, 6.07) is 7.85. The Morgan fingerprint density at radius 3 is 2.28 bits per heavy atom. The molecule has 0 bridgehead atoms. The summed E-state index contributed by atoms with van der Waals surface area (Å²) in [7, 11) is -5.43. The molecule has 0 saturated carbocycles. The van der Waals surface area contributed by atoms with Crippen LogP contribution in [0, 0.1) is 0 Å². The third-order valence-corrected chi connectivity index (χ3v) is 3.72. The molecule has 18 heavy (non-hydrogen) atoms. The van der Waals surface area contributed by atoms with E-state index in [2.05, 4.69) is 5.10 Å². The minimum absolute atomic E-state index is 0.104. The summed E-state index contributed by atoms with van der Waals surface area (Å²) in [6.07, 6.45) is 1.05. The highest BCUT2D eigenvalue weighted by Gasteiger charge is 2.49. The average molecular weight is 276 g/mol. The monoisotopic (exact) mass is 276 g/mol. The summed E-state index contributed by atoms with van der Waals surface area (Å²) in [5.74, 6) is 0. The molecule has 0 spiro atoms. The Hall–Kier alpha value is -1.83. The lowest BCUT2D eigenvalue weighted by Crippen LogP contribution is -2.24. The molecule has 4 nitrogen and oxygen atoms in total. The van der Waals surface area contributed by atoms with Gasteiger partial charge in [0.25, 0.3) is 9.84 Å². The second-order valence-electron chi connectivity index (χ2n) is 3.43. The summed E-state index contributed by atoms with van der Waals surface area (Å²) >= 11 is 0. The topological polar surface area (TPSA) is 62.8 Å². The van der Waals surface area contributed by atoms with E-state index >= 15 is 0 Å². The van der Waals surface area contributed by atoms with E-state index < -0.39 is 20.4 Å². The molecule has 1 aromatic carbocycles. The molecule has 2 aromatic rings. The van der Waals surface area contributed by atoms with Crippen molar-refractivity contribution in [2.45, 2.75) is 10.5 Å². The largest absolute Gasteiger partial charge is 0.503 e. The van der Waals surface area contributed by atoms with Gasteiger partial charge in [0.2, 0.25) is 0 Å². The molecule has 8 heteroatoms. The maximum atomic E-state index is 12.5. The zero-order valence-corrected chi connectivity index (χ0v) is 9.59. The Bertz CT molecular complexity index is 647. The maximum absolute atomic E-state index is 12.5. The minimum atomic E-state index is -5.43. The highest BCUT2D eigenvalue weighted by atomic mass is 32.2. The molecule has 0 fully saturated rings. The van der Waals surface area contributed by atoms with Gasteiger partial charge in [0.15, 0.2) is 5.03 Å². The van der Waals surface area contributed by atoms with Crippen LogP contribution in [0.25, 0.3) is 11.1 Å². The van der Waals surface area contributed by atoms with Gasteiger partial charge in [-0.25, -0.2) is 8.42 Å². The van der Waals surface area contributed by atoms with Crippen molar-refractivity contribution in [3.8, 4) is 11.1 Å². The van der Waals surface area contributed by atoms with Crippen LogP contribution >= 0.6 is 0 Å². The van der Waals surface area contributed by atoms with E-state index in [4.69, 9.17) is 0 Å². The Morgan fingerprint density at radius 1 is 1.11 bits per heavy atom. The molecule has 0 amide bonds. The Morgan fingerprint density at radius 2 is 1.72 bits per heavy atom. The first kappa shape index (κ1) is 12.6. The Kier molecular flexibility index (Phi) is 2.89. The van der Waals surface area contributed by atoms with E-state index in [0.29, 0.717) is 5.56 Å². The number of nitrogens with one attached hydrogen (secondary N) is 1. The van der Waals surface area contributed by atoms with Crippen LogP contribution in [0.15, 0.2) is 41.6 Å². The molecule has 96 valence electrons. The predicted molar refractivity (Wildman–Crippen MR) is 57.3 cm³/mol. The van der Waals surface area contributed by atoms with E-state index in [1.54, 1.807) is 18.2 Å². The second-order valence-corrected chi connectivity index (χ2v) is 5.31. The van der Waals surface area contributed by atoms with Crippen LogP contribution < -0.4 is 0 Å². The Labute approximate surface area is 100 Å². The van der Waals surface area contributed by atoms with Crippen LogP contribution in [-0.2, 0) is 9.84 Å². The summed E-state index contributed by atoms with van der Waals surface area (Å²) in [5.41, 5.74) is -5.12. The first-order valence-corrected chi connectivity index (χ1v) is 6.22. The van der Waals surface area contributed by atoms with Gasteiger partial charge < -0.3 is 0 Å². The van der Waals surface area contributed by atoms with Crippen LogP contribution in [0.4, 0.5) is 13.2 Å². The van der Waals surface area contributed by atoms with E-state index in [9.17, 15) is 21.6 Å². The molecule has 1 aromatic heterocycles. The van der Waals surface area contributed by atoms with Gasteiger partial charge >= 0.3 is 5.51 Å². The fraction of sp³-hybridized carbons (Fsp3) is 0.100. The van der Waals surface area contributed by atoms with E-state index in [1.807, 2.05) is 5.10 Å². The van der Waals surface area contributed by atoms with Crippen molar-refractivity contribution in [1.29, 1.82) is 0 Å². The van der Waals surface area contributed by atoms with Gasteiger partial charge in [0.1, 0.15) is 0 Å². The number of H-pyrrole nitrogens is 1. The van der Waals surface area contributed by atoms with Crippen LogP contribution in [0.5, 0.6) is 0 Å². The van der Waals surface area contributed by atoms with E-state index in [0.717, 1.165) is 6.20 Å². The van der Waals surface area contributed by atoms with Crippen molar-refractivity contribution >= 4 is 9.84 Å². The van der Waals surface area contributed by atoms with Crippen molar-refractivity contribution in [3.63, 3.8) is 0 Å². The fourth-order valence-corrected chi connectivity index (χ4v) is 2.28. The van der Waals surface area contributed by atoms with E-state index in [1.165, 1.54) is 12.1 Å². The third kappa shape index (κ3) is 1.99. The molecular weight excluding hydrogens is 269 g/mol. The van der Waals surface area contributed by atoms with Gasteiger partial charge in [0.05, 0.1) is 6.20 Å². The lowest BCUT2D eigenvalue weighted by atomic mass is 10.1. The Balaban J connectivity index is 2.61. The smallest absolute Gasteiger partial charge is 0.267 e. The number of hydrogen-bond donors (Lipinski definition) is 1. The molecule has 0 unspecified atom stereocenters. The number of hydrogen-bond acceptors (Lipinski definition) is 3. The third-order valence-electron chi connectivity index (χ3n) is 2.26. The number of rotatable bonds is 2. The fourth-order valence-electron chi connectivity index (χ4n) is 1.42. The average Bonchev–Trinajstić information content (AvgIpc) is 2.78. The zero-order chi connectivity index (χ0) is 13.4. The molecule has 0 atom stereocenters. The molecule has 0 aliphatic rings. The highest BCUT2D eigenvalue weighted by molar-refractivity contribution is 7.92. The molecule has 0 aliphatic carbocycles. The first-order chi connectivity index (χ1) is 8.34. The van der Waals surface area contributed by atoms with Gasteiger partial charge in [-0.1, -0.05) is 30.3 Å². The molecule has 1 heterocycles. The van der Waals surface area contributed by atoms with E-state index in [-0.39, 0.29) is 5.56 Å². The number of aromatic nitrogens is 2. The number of alkyl halides is 3. The normalized spacial score (nSPS) is 12.6. The summed E-state index contributed by atoms with van der Waals surface area (Å²) in [6.45, 7) is 0. The first-order valence-electron chi connectivity index (χ1n) is 4.74. The van der Waals surface area contributed by atoms with Crippen molar-refractivity contribution in [3.05, 3.63) is 36.5 Å². The lowest BCUT2D eigenvalue weighted by molar-refractivity contribution is -0.0437.